The molecule has 1 fully saturated rings. The van der Waals surface area contributed by atoms with E-state index >= 15 is 0 Å². The van der Waals surface area contributed by atoms with E-state index in [-0.39, 0.29) is 5.56 Å². The second-order valence-electron chi connectivity index (χ2n) is 6.17. The lowest BCUT2D eigenvalue weighted by Gasteiger charge is -2.17. The minimum atomic E-state index is 0.0656. The van der Waals surface area contributed by atoms with Crippen LogP contribution in [0.5, 0.6) is 5.75 Å². The van der Waals surface area contributed by atoms with E-state index in [4.69, 9.17) is 4.74 Å². The van der Waals surface area contributed by atoms with Crippen molar-refractivity contribution in [1.29, 1.82) is 0 Å². The maximum atomic E-state index is 12.8. The minimum absolute atomic E-state index is 0.0656. The summed E-state index contributed by atoms with van der Waals surface area (Å²) in [6, 6.07) is 15.9. The first kappa shape index (κ1) is 14.1. The van der Waals surface area contributed by atoms with Gasteiger partial charge in [-0.3, -0.25) is 4.79 Å². The number of rotatable bonds is 3. The maximum Gasteiger partial charge on any atom is 0.258 e. The molecule has 1 aliphatic rings. The van der Waals surface area contributed by atoms with Gasteiger partial charge in [0.05, 0.1) is 12.8 Å². The van der Waals surface area contributed by atoms with Crippen LogP contribution in [0.2, 0.25) is 0 Å². The van der Waals surface area contributed by atoms with E-state index in [9.17, 15) is 4.79 Å². The highest BCUT2D eigenvalue weighted by atomic mass is 16.5. The fraction of sp³-hybridized carbons (Fsp3) is 0.250. The van der Waals surface area contributed by atoms with Crippen molar-refractivity contribution in [3.05, 3.63) is 64.4 Å². The van der Waals surface area contributed by atoms with Gasteiger partial charge in [0.25, 0.3) is 5.56 Å². The zero-order valence-corrected chi connectivity index (χ0v) is 13.4. The Balaban J connectivity index is 2.06. The van der Waals surface area contributed by atoms with E-state index in [1.165, 1.54) is 18.4 Å². The van der Waals surface area contributed by atoms with Gasteiger partial charge < -0.3 is 9.30 Å². The van der Waals surface area contributed by atoms with Crippen molar-refractivity contribution in [1.82, 2.24) is 4.57 Å². The molecule has 0 amide bonds. The minimum Gasteiger partial charge on any atom is -0.497 e. The molecule has 0 unspecified atom stereocenters. The SMILES string of the molecule is COc1ccc(-c2c(C3CC3)c3ccccc3c(=O)n2C)cc1. The fourth-order valence-electron chi connectivity index (χ4n) is 3.38. The number of ether oxygens (including phenoxy) is 1. The third kappa shape index (κ3) is 2.24. The van der Waals surface area contributed by atoms with Crippen LogP contribution in [-0.4, -0.2) is 11.7 Å². The molecule has 0 aliphatic heterocycles. The molecule has 0 N–H and O–H groups in total. The van der Waals surface area contributed by atoms with Crippen LogP contribution in [0.1, 0.15) is 24.3 Å². The number of nitrogens with zero attached hydrogens (tertiary/aromatic N) is 1. The highest BCUT2D eigenvalue weighted by molar-refractivity contribution is 5.91. The summed E-state index contributed by atoms with van der Waals surface area (Å²) in [6.45, 7) is 0. The first-order chi connectivity index (χ1) is 11.2. The quantitative estimate of drug-likeness (QED) is 0.730. The Labute approximate surface area is 135 Å². The smallest absolute Gasteiger partial charge is 0.258 e. The Bertz CT molecular complexity index is 934. The summed E-state index contributed by atoms with van der Waals surface area (Å²) in [5.74, 6) is 1.39. The van der Waals surface area contributed by atoms with E-state index in [0.717, 1.165) is 27.8 Å². The van der Waals surface area contributed by atoms with Crippen molar-refractivity contribution >= 4 is 10.8 Å². The van der Waals surface area contributed by atoms with Crippen LogP contribution in [0.15, 0.2) is 53.3 Å². The summed E-state index contributed by atoms with van der Waals surface area (Å²) in [6.07, 6.45) is 2.40. The lowest BCUT2D eigenvalue weighted by molar-refractivity contribution is 0.415. The molecule has 0 atom stereocenters. The summed E-state index contributed by atoms with van der Waals surface area (Å²) in [4.78, 5) is 12.8. The van der Waals surface area contributed by atoms with Crippen molar-refractivity contribution in [2.75, 3.05) is 7.11 Å². The highest BCUT2D eigenvalue weighted by Gasteiger charge is 2.30. The van der Waals surface area contributed by atoms with Gasteiger partial charge >= 0.3 is 0 Å². The van der Waals surface area contributed by atoms with Crippen LogP contribution in [0.3, 0.4) is 0 Å². The summed E-state index contributed by atoms with van der Waals surface area (Å²) < 4.78 is 7.05. The molecule has 1 aromatic heterocycles. The van der Waals surface area contributed by atoms with Gasteiger partial charge in [0.15, 0.2) is 0 Å². The van der Waals surface area contributed by atoms with Gasteiger partial charge in [0.2, 0.25) is 0 Å². The van der Waals surface area contributed by atoms with Crippen LogP contribution < -0.4 is 10.3 Å². The number of benzene rings is 2. The molecule has 0 radical (unpaired) electrons. The summed E-state index contributed by atoms with van der Waals surface area (Å²) in [7, 11) is 3.54. The number of hydrogen-bond donors (Lipinski definition) is 0. The predicted octanol–water partition coefficient (Wildman–Crippen LogP) is 4.09. The molecule has 23 heavy (non-hydrogen) atoms. The first-order valence-corrected chi connectivity index (χ1v) is 7.96. The van der Waals surface area contributed by atoms with Gasteiger partial charge in [0.1, 0.15) is 5.75 Å². The van der Waals surface area contributed by atoms with E-state index in [0.29, 0.717) is 5.92 Å². The summed E-state index contributed by atoms with van der Waals surface area (Å²) >= 11 is 0. The molecule has 4 rings (SSSR count). The van der Waals surface area contributed by atoms with Crippen molar-refractivity contribution in [2.24, 2.45) is 7.05 Å². The standard InChI is InChI=1S/C20H19NO2/c1-21-19(14-9-11-15(23-2)12-10-14)18(13-7-8-13)16-5-3-4-6-17(16)20(21)22/h3-6,9-13H,7-8H2,1-2H3. The fourth-order valence-corrected chi connectivity index (χ4v) is 3.38. The van der Waals surface area contributed by atoms with Crippen molar-refractivity contribution < 1.29 is 4.74 Å². The second-order valence-corrected chi connectivity index (χ2v) is 6.17. The molecule has 2 aromatic carbocycles. The van der Waals surface area contributed by atoms with Crippen LogP contribution in [0.4, 0.5) is 0 Å². The average Bonchev–Trinajstić information content (AvgIpc) is 3.43. The third-order valence-corrected chi connectivity index (χ3v) is 4.69. The van der Waals surface area contributed by atoms with E-state index < -0.39 is 0 Å². The molecule has 0 spiro atoms. The number of aromatic nitrogens is 1. The summed E-state index contributed by atoms with van der Waals surface area (Å²) in [5.41, 5.74) is 3.49. The molecule has 1 heterocycles. The van der Waals surface area contributed by atoms with Crippen molar-refractivity contribution in [2.45, 2.75) is 18.8 Å². The van der Waals surface area contributed by atoms with Gasteiger partial charge in [-0.2, -0.15) is 0 Å². The Kier molecular flexibility index (Phi) is 3.22. The molecule has 3 nitrogen and oxygen atoms in total. The topological polar surface area (TPSA) is 31.2 Å². The molecule has 3 heteroatoms. The zero-order valence-electron chi connectivity index (χ0n) is 13.4. The normalized spacial score (nSPS) is 14.2. The first-order valence-electron chi connectivity index (χ1n) is 7.96. The zero-order chi connectivity index (χ0) is 16.0. The van der Waals surface area contributed by atoms with Gasteiger partial charge in [-0.15, -0.1) is 0 Å². The van der Waals surface area contributed by atoms with Crippen LogP contribution in [0, 0.1) is 0 Å². The Morgan fingerprint density at radius 3 is 2.26 bits per heavy atom. The monoisotopic (exact) mass is 305 g/mol. The molecular weight excluding hydrogens is 286 g/mol. The Hall–Kier alpha value is -2.55. The van der Waals surface area contributed by atoms with Gasteiger partial charge in [-0.05, 0) is 65.6 Å². The van der Waals surface area contributed by atoms with Crippen LogP contribution in [0.25, 0.3) is 22.0 Å². The molecule has 1 saturated carbocycles. The van der Waals surface area contributed by atoms with Crippen molar-refractivity contribution in [3.8, 4) is 17.0 Å². The molecule has 116 valence electrons. The largest absolute Gasteiger partial charge is 0.497 e. The lowest BCUT2D eigenvalue weighted by atomic mass is 9.96. The second kappa shape index (κ2) is 5.27. The van der Waals surface area contributed by atoms with Crippen LogP contribution in [-0.2, 0) is 7.05 Å². The maximum absolute atomic E-state index is 12.8. The lowest BCUT2D eigenvalue weighted by Crippen LogP contribution is -2.20. The summed E-state index contributed by atoms with van der Waals surface area (Å²) in [5, 5.41) is 1.91. The molecule has 0 bridgehead atoms. The Morgan fingerprint density at radius 1 is 1.00 bits per heavy atom. The van der Waals surface area contributed by atoms with E-state index in [1.54, 1.807) is 11.7 Å². The highest BCUT2D eigenvalue weighted by Crippen LogP contribution is 2.46. The van der Waals surface area contributed by atoms with Gasteiger partial charge in [-0.1, -0.05) is 18.2 Å². The molecular formula is C20H19NO2. The van der Waals surface area contributed by atoms with Gasteiger partial charge in [-0.25, -0.2) is 0 Å². The molecule has 3 aromatic rings. The Morgan fingerprint density at radius 2 is 1.65 bits per heavy atom. The number of fused-ring (bicyclic) bond motifs is 1. The molecule has 1 aliphatic carbocycles. The van der Waals surface area contributed by atoms with E-state index in [1.807, 2.05) is 49.5 Å². The number of methoxy groups -OCH3 is 1. The van der Waals surface area contributed by atoms with Crippen LogP contribution >= 0.6 is 0 Å². The van der Waals surface area contributed by atoms with E-state index in [2.05, 4.69) is 6.07 Å². The molecule has 0 saturated heterocycles. The number of pyridine rings is 1. The average molecular weight is 305 g/mol. The number of hydrogen-bond acceptors (Lipinski definition) is 2. The van der Waals surface area contributed by atoms with Crippen molar-refractivity contribution in [3.63, 3.8) is 0 Å². The predicted molar refractivity (Wildman–Crippen MR) is 93.2 cm³/mol. The van der Waals surface area contributed by atoms with Gasteiger partial charge in [0, 0.05) is 12.4 Å². The third-order valence-electron chi connectivity index (χ3n) is 4.69.